The molecule has 4 aliphatic carbocycles. The van der Waals surface area contributed by atoms with Crippen LogP contribution >= 0.6 is 11.6 Å². The molecule has 5 aromatic carbocycles. The third-order valence-electron chi connectivity index (χ3n) is 11.7. The monoisotopic (exact) mass is 679 g/mol. The number of nitrogens with zero attached hydrogens (tertiary/aromatic N) is 1. The quantitative estimate of drug-likeness (QED) is 0.179. The molecule has 250 valence electrons. The molecule has 1 nitrogen and oxygen atoms in total. The molecule has 0 aromatic heterocycles. The Hall–Kier alpha value is -5.11. The van der Waals surface area contributed by atoms with Crippen molar-refractivity contribution in [1.82, 2.24) is 0 Å². The molecule has 0 saturated heterocycles. The molecule has 0 fully saturated rings. The van der Waals surface area contributed by atoms with Crippen molar-refractivity contribution in [3.05, 3.63) is 195 Å². The highest BCUT2D eigenvalue weighted by molar-refractivity contribution is 6.34. The number of fused-ring (bicyclic) bond motifs is 6. The normalized spacial score (nSPS) is 17.6. The summed E-state index contributed by atoms with van der Waals surface area (Å²) in [6.45, 7) is 9.46. The lowest BCUT2D eigenvalue weighted by atomic mass is 9.79. The van der Waals surface area contributed by atoms with Crippen LogP contribution in [0.15, 0.2) is 157 Å². The maximum atomic E-state index is 6.91. The van der Waals surface area contributed by atoms with Gasteiger partial charge >= 0.3 is 0 Å². The molecule has 0 bridgehead atoms. The number of anilines is 1. The molecule has 0 spiro atoms. The number of rotatable bonds is 5. The van der Waals surface area contributed by atoms with Crippen LogP contribution in [0.5, 0.6) is 0 Å². The Labute approximate surface area is 307 Å². The summed E-state index contributed by atoms with van der Waals surface area (Å²) in [5.41, 5.74) is 19.2. The maximum Gasteiger partial charge on any atom is 0.0487 e. The zero-order chi connectivity index (χ0) is 34.9. The Kier molecular flexibility index (Phi) is 7.49. The van der Waals surface area contributed by atoms with Crippen molar-refractivity contribution in [3.63, 3.8) is 0 Å². The summed E-state index contributed by atoms with van der Waals surface area (Å²) >= 11 is 6.91. The average Bonchev–Trinajstić information content (AvgIpc) is 3.35. The molecule has 0 heterocycles. The van der Waals surface area contributed by atoms with Gasteiger partial charge in [0.1, 0.15) is 0 Å². The van der Waals surface area contributed by atoms with Gasteiger partial charge in [0.25, 0.3) is 0 Å². The number of halogens is 1. The molecule has 0 unspecified atom stereocenters. The number of allylic oxidation sites excluding steroid dienone is 9. The van der Waals surface area contributed by atoms with Crippen molar-refractivity contribution in [2.24, 2.45) is 0 Å². The van der Waals surface area contributed by atoms with Crippen LogP contribution in [0.4, 0.5) is 5.69 Å². The molecule has 0 radical (unpaired) electrons. The summed E-state index contributed by atoms with van der Waals surface area (Å²) in [5.74, 6) is 0. The molecule has 0 amide bonds. The first-order chi connectivity index (χ1) is 24.7. The topological polar surface area (TPSA) is 3.24 Å². The number of benzene rings is 5. The van der Waals surface area contributed by atoms with E-state index in [1.54, 1.807) is 0 Å². The first-order valence-corrected chi connectivity index (χ1v) is 18.6. The minimum atomic E-state index is -0.174. The summed E-state index contributed by atoms with van der Waals surface area (Å²) in [4.78, 5) is 2.51. The van der Waals surface area contributed by atoms with Crippen LogP contribution in [0.25, 0.3) is 33.4 Å². The van der Waals surface area contributed by atoms with Gasteiger partial charge in [-0.05, 0) is 123 Å². The van der Waals surface area contributed by atoms with Gasteiger partial charge in [-0.1, -0.05) is 142 Å². The SMILES string of the molecule is CC1(C)c2cc(N(C3=CCC=C(c4ccccc4)C=C3)C3=CC=C(c4ccccc4)CC3)ccc2-c2cc3c(cc21)-c1c(Cl)cccc1C3(C)C. The lowest BCUT2D eigenvalue weighted by molar-refractivity contribution is 0.652. The lowest BCUT2D eigenvalue weighted by Gasteiger charge is -2.32. The van der Waals surface area contributed by atoms with Crippen molar-refractivity contribution in [2.45, 2.75) is 57.8 Å². The molecule has 0 saturated carbocycles. The Balaban J connectivity index is 1.15. The van der Waals surface area contributed by atoms with Crippen molar-refractivity contribution in [2.75, 3.05) is 4.90 Å². The van der Waals surface area contributed by atoms with Gasteiger partial charge < -0.3 is 4.90 Å². The van der Waals surface area contributed by atoms with E-state index in [0.717, 1.165) is 24.3 Å². The van der Waals surface area contributed by atoms with E-state index in [-0.39, 0.29) is 10.8 Å². The number of hydrogen-bond acceptors (Lipinski definition) is 1. The molecule has 5 aromatic rings. The van der Waals surface area contributed by atoms with Crippen molar-refractivity contribution < 1.29 is 0 Å². The molecule has 4 aliphatic rings. The van der Waals surface area contributed by atoms with Gasteiger partial charge in [-0.25, -0.2) is 0 Å². The van der Waals surface area contributed by atoms with Gasteiger partial charge in [-0.15, -0.1) is 0 Å². The standard InChI is InChI=1S/C49H42ClN/c1-48(2)42-19-12-20-46(50)47(42)41-31-44-40(30-45(41)48)39-28-27-38(29-43(39)49(44,3)4)51(37-25-22-35(23-26-37)33-15-9-6-10-16-33)36-18-11-17-34(21-24-36)32-13-7-5-8-14-32/h5-10,12-22,24-25,27-31H,11,23,26H2,1-4H3. The largest absolute Gasteiger partial charge is 0.315 e. The molecule has 2 heteroatoms. The molecule has 9 rings (SSSR count). The molecule has 0 atom stereocenters. The molecular weight excluding hydrogens is 638 g/mol. The predicted octanol–water partition coefficient (Wildman–Crippen LogP) is 13.4. The van der Waals surface area contributed by atoms with E-state index in [1.807, 2.05) is 6.07 Å². The van der Waals surface area contributed by atoms with Gasteiger partial charge in [-0.3, -0.25) is 0 Å². The number of hydrogen-bond donors (Lipinski definition) is 0. The van der Waals surface area contributed by atoms with Crippen LogP contribution < -0.4 is 4.90 Å². The van der Waals surface area contributed by atoms with Crippen LogP contribution in [-0.4, -0.2) is 0 Å². The van der Waals surface area contributed by atoms with E-state index in [9.17, 15) is 0 Å². The zero-order valence-electron chi connectivity index (χ0n) is 29.8. The predicted molar refractivity (Wildman–Crippen MR) is 217 cm³/mol. The van der Waals surface area contributed by atoms with Gasteiger partial charge in [0.15, 0.2) is 0 Å². The van der Waals surface area contributed by atoms with Crippen LogP contribution in [-0.2, 0) is 10.8 Å². The van der Waals surface area contributed by atoms with Crippen LogP contribution in [0.1, 0.15) is 80.3 Å². The molecule has 0 aliphatic heterocycles. The first kappa shape index (κ1) is 31.8. The minimum absolute atomic E-state index is 0.112. The second kappa shape index (κ2) is 12.0. The van der Waals surface area contributed by atoms with E-state index in [2.05, 4.69) is 172 Å². The van der Waals surface area contributed by atoms with Crippen molar-refractivity contribution >= 4 is 28.4 Å². The van der Waals surface area contributed by atoms with Gasteiger partial charge in [0.2, 0.25) is 0 Å². The van der Waals surface area contributed by atoms with Gasteiger partial charge in [0.05, 0.1) is 0 Å². The first-order valence-electron chi connectivity index (χ1n) is 18.2. The van der Waals surface area contributed by atoms with Gasteiger partial charge in [-0.2, -0.15) is 0 Å². The smallest absolute Gasteiger partial charge is 0.0487 e. The molecular formula is C49H42ClN. The highest BCUT2D eigenvalue weighted by Gasteiger charge is 2.42. The fraction of sp³-hybridized carbons (Fsp3) is 0.184. The third kappa shape index (κ3) is 5.13. The fourth-order valence-corrected chi connectivity index (χ4v) is 9.19. The van der Waals surface area contributed by atoms with Crippen LogP contribution in [0.3, 0.4) is 0 Å². The van der Waals surface area contributed by atoms with E-state index >= 15 is 0 Å². The second-order valence-electron chi connectivity index (χ2n) is 15.4. The van der Waals surface area contributed by atoms with E-state index in [4.69, 9.17) is 11.6 Å². The maximum absolute atomic E-state index is 6.91. The van der Waals surface area contributed by atoms with E-state index in [1.165, 1.54) is 83.9 Å². The fourth-order valence-electron chi connectivity index (χ4n) is 8.91. The zero-order valence-corrected chi connectivity index (χ0v) is 30.6. The molecule has 51 heavy (non-hydrogen) atoms. The molecule has 0 N–H and O–H groups in total. The second-order valence-corrected chi connectivity index (χ2v) is 15.8. The summed E-state index contributed by atoms with van der Waals surface area (Å²) < 4.78 is 0. The minimum Gasteiger partial charge on any atom is -0.315 e. The average molecular weight is 680 g/mol. The lowest BCUT2D eigenvalue weighted by Crippen LogP contribution is -2.23. The Morgan fingerprint density at radius 1 is 0.569 bits per heavy atom. The van der Waals surface area contributed by atoms with Gasteiger partial charge in [0, 0.05) is 38.5 Å². The van der Waals surface area contributed by atoms with Crippen molar-refractivity contribution in [3.8, 4) is 22.3 Å². The highest BCUT2D eigenvalue weighted by atomic mass is 35.5. The third-order valence-corrected chi connectivity index (χ3v) is 12.0. The van der Waals surface area contributed by atoms with E-state index < -0.39 is 0 Å². The van der Waals surface area contributed by atoms with Crippen LogP contribution in [0.2, 0.25) is 5.02 Å². The Bertz CT molecular complexity index is 2380. The van der Waals surface area contributed by atoms with Crippen LogP contribution in [0, 0.1) is 0 Å². The highest BCUT2D eigenvalue weighted by Crippen LogP contribution is 2.57. The van der Waals surface area contributed by atoms with E-state index in [0.29, 0.717) is 0 Å². The summed E-state index contributed by atoms with van der Waals surface area (Å²) in [7, 11) is 0. The summed E-state index contributed by atoms with van der Waals surface area (Å²) in [5, 5.41) is 0.838. The Morgan fingerprint density at radius 3 is 2.00 bits per heavy atom. The summed E-state index contributed by atoms with van der Waals surface area (Å²) in [6, 6.07) is 40.0. The van der Waals surface area contributed by atoms with Crippen molar-refractivity contribution in [1.29, 1.82) is 0 Å². The summed E-state index contributed by atoms with van der Waals surface area (Å²) in [6.07, 6.45) is 16.8. The Morgan fingerprint density at radius 2 is 1.25 bits per heavy atom.